The van der Waals surface area contributed by atoms with E-state index in [1.165, 1.54) is 25.4 Å². The highest BCUT2D eigenvalue weighted by molar-refractivity contribution is 6.28. The first-order chi connectivity index (χ1) is 9.52. The molecule has 104 valence electrons. The molecule has 0 spiro atoms. The molecule has 0 aliphatic carbocycles. The van der Waals surface area contributed by atoms with Crippen LogP contribution in [0.3, 0.4) is 0 Å². The molecule has 0 saturated heterocycles. The Morgan fingerprint density at radius 2 is 2.15 bits per heavy atom. The first kappa shape index (κ1) is 14.0. The summed E-state index contributed by atoms with van der Waals surface area (Å²) in [7, 11) is 3.11. The smallest absolute Gasteiger partial charge is 0.312 e. The van der Waals surface area contributed by atoms with Crippen molar-refractivity contribution in [3.8, 4) is 5.75 Å². The normalized spacial score (nSPS) is 10.2. The molecular formula is C12H11ClN4O3. The predicted octanol–water partition coefficient (Wildman–Crippen LogP) is 2.81. The number of aromatic nitrogens is 2. The number of rotatable bonds is 4. The number of nitro groups is 1. The van der Waals surface area contributed by atoms with Gasteiger partial charge in [0.2, 0.25) is 5.28 Å². The lowest BCUT2D eigenvalue weighted by Gasteiger charge is -2.18. The van der Waals surface area contributed by atoms with Gasteiger partial charge < -0.3 is 9.64 Å². The van der Waals surface area contributed by atoms with Crippen molar-refractivity contribution in [3.05, 3.63) is 45.9 Å². The van der Waals surface area contributed by atoms with Gasteiger partial charge in [-0.1, -0.05) is 0 Å². The van der Waals surface area contributed by atoms with Crippen molar-refractivity contribution in [1.29, 1.82) is 0 Å². The lowest BCUT2D eigenvalue weighted by atomic mass is 10.2. The summed E-state index contributed by atoms with van der Waals surface area (Å²) in [6.07, 6.45) is 1.51. The van der Waals surface area contributed by atoms with Crippen molar-refractivity contribution in [3.63, 3.8) is 0 Å². The van der Waals surface area contributed by atoms with Gasteiger partial charge in [-0.2, -0.15) is 0 Å². The Morgan fingerprint density at radius 1 is 1.40 bits per heavy atom. The van der Waals surface area contributed by atoms with Gasteiger partial charge in [-0.3, -0.25) is 10.1 Å². The summed E-state index contributed by atoms with van der Waals surface area (Å²) in [5.74, 6) is 0.734. The molecule has 8 heteroatoms. The van der Waals surface area contributed by atoms with Crippen LogP contribution in [0.25, 0.3) is 0 Å². The quantitative estimate of drug-likeness (QED) is 0.490. The Balaban J connectivity index is 2.42. The first-order valence-corrected chi connectivity index (χ1v) is 5.95. The van der Waals surface area contributed by atoms with Crippen molar-refractivity contribution < 1.29 is 9.66 Å². The summed E-state index contributed by atoms with van der Waals surface area (Å²) in [4.78, 5) is 20.0. The fourth-order valence-electron chi connectivity index (χ4n) is 1.67. The fourth-order valence-corrected chi connectivity index (χ4v) is 1.82. The standard InChI is InChI=1S/C12H11ClN4O3/c1-16(11-5-6-14-12(13)15-11)8-3-4-10(20-2)9(7-8)17(18)19/h3-7H,1-2H3. The molecule has 0 N–H and O–H groups in total. The van der Waals surface area contributed by atoms with Crippen LogP contribution < -0.4 is 9.64 Å². The monoisotopic (exact) mass is 294 g/mol. The summed E-state index contributed by atoms with van der Waals surface area (Å²) in [5.41, 5.74) is 0.476. The van der Waals surface area contributed by atoms with Gasteiger partial charge in [0.25, 0.3) is 0 Å². The van der Waals surface area contributed by atoms with Gasteiger partial charge in [0, 0.05) is 25.0 Å². The van der Waals surface area contributed by atoms with Gasteiger partial charge in [0.15, 0.2) is 5.75 Å². The van der Waals surface area contributed by atoms with E-state index in [1.54, 1.807) is 24.1 Å². The lowest BCUT2D eigenvalue weighted by Crippen LogP contribution is -2.11. The van der Waals surface area contributed by atoms with E-state index in [1.807, 2.05) is 0 Å². The third-order valence-corrected chi connectivity index (χ3v) is 2.88. The zero-order valence-corrected chi connectivity index (χ0v) is 11.5. The number of halogens is 1. The van der Waals surface area contributed by atoms with E-state index in [9.17, 15) is 10.1 Å². The highest BCUT2D eigenvalue weighted by Gasteiger charge is 2.17. The largest absolute Gasteiger partial charge is 0.490 e. The minimum atomic E-state index is -0.497. The topological polar surface area (TPSA) is 81.4 Å². The molecule has 0 bridgehead atoms. The molecule has 2 rings (SSSR count). The van der Waals surface area contributed by atoms with Crippen molar-refractivity contribution in [1.82, 2.24) is 9.97 Å². The maximum atomic E-state index is 11.0. The van der Waals surface area contributed by atoms with Crippen molar-refractivity contribution in [2.24, 2.45) is 0 Å². The van der Waals surface area contributed by atoms with Crippen LogP contribution in [0, 0.1) is 10.1 Å². The molecule has 7 nitrogen and oxygen atoms in total. The molecule has 0 amide bonds. The summed E-state index contributed by atoms with van der Waals surface area (Å²) < 4.78 is 4.96. The number of ether oxygens (including phenoxy) is 1. The number of hydrogen-bond acceptors (Lipinski definition) is 6. The van der Waals surface area contributed by atoms with Gasteiger partial charge >= 0.3 is 5.69 Å². The van der Waals surface area contributed by atoms with Gasteiger partial charge in [-0.15, -0.1) is 0 Å². The van der Waals surface area contributed by atoms with Crippen LogP contribution in [0.15, 0.2) is 30.5 Å². The van der Waals surface area contributed by atoms with Crippen molar-refractivity contribution in [2.75, 3.05) is 19.1 Å². The number of nitro benzene ring substituents is 1. The van der Waals surface area contributed by atoms with E-state index in [2.05, 4.69) is 9.97 Å². The molecule has 0 aliphatic heterocycles. The Hall–Kier alpha value is -2.41. The average molecular weight is 295 g/mol. The van der Waals surface area contributed by atoms with Crippen LogP contribution in [0.4, 0.5) is 17.2 Å². The predicted molar refractivity (Wildman–Crippen MR) is 74.8 cm³/mol. The van der Waals surface area contributed by atoms with Crippen LogP contribution in [0.2, 0.25) is 5.28 Å². The van der Waals surface area contributed by atoms with E-state index in [0.29, 0.717) is 11.5 Å². The van der Waals surface area contributed by atoms with E-state index in [4.69, 9.17) is 16.3 Å². The molecule has 0 unspecified atom stereocenters. The van der Waals surface area contributed by atoms with Crippen LogP contribution in [-0.4, -0.2) is 29.0 Å². The first-order valence-electron chi connectivity index (χ1n) is 5.57. The zero-order valence-electron chi connectivity index (χ0n) is 10.8. The minimum absolute atomic E-state index is 0.109. The number of anilines is 2. The number of benzene rings is 1. The Kier molecular flexibility index (Phi) is 3.99. The minimum Gasteiger partial charge on any atom is -0.490 e. The third-order valence-electron chi connectivity index (χ3n) is 2.70. The second-order valence-electron chi connectivity index (χ2n) is 3.86. The molecular weight excluding hydrogens is 284 g/mol. The van der Waals surface area contributed by atoms with E-state index in [-0.39, 0.29) is 16.7 Å². The summed E-state index contributed by atoms with van der Waals surface area (Å²) in [5, 5.41) is 11.1. The van der Waals surface area contributed by atoms with E-state index < -0.39 is 4.92 Å². The third kappa shape index (κ3) is 2.77. The SMILES string of the molecule is COc1ccc(N(C)c2ccnc(Cl)n2)cc1[N+](=O)[O-]. The number of hydrogen-bond donors (Lipinski definition) is 0. The van der Waals surface area contributed by atoms with Crippen LogP contribution >= 0.6 is 11.6 Å². The molecule has 0 radical (unpaired) electrons. The molecule has 0 saturated carbocycles. The fraction of sp³-hybridized carbons (Fsp3) is 0.167. The average Bonchev–Trinajstić information content (AvgIpc) is 2.45. The molecule has 0 fully saturated rings. The summed E-state index contributed by atoms with van der Waals surface area (Å²) in [6.45, 7) is 0. The zero-order chi connectivity index (χ0) is 14.7. The molecule has 1 aromatic heterocycles. The molecule has 0 atom stereocenters. The maximum absolute atomic E-state index is 11.0. The maximum Gasteiger partial charge on any atom is 0.312 e. The van der Waals surface area contributed by atoms with Gasteiger partial charge in [0.05, 0.1) is 12.0 Å². The Labute approximate surface area is 119 Å². The number of methoxy groups -OCH3 is 1. The summed E-state index contributed by atoms with van der Waals surface area (Å²) >= 11 is 5.73. The summed E-state index contributed by atoms with van der Waals surface area (Å²) in [6, 6.07) is 6.30. The molecule has 1 aromatic carbocycles. The molecule has 2 aromatic rings. The van der Waals surface area contributed by atoms with Crippen LogP contribution in [-0.2, 0) is 0 Å². The van der Waals surface area contributed by atoms with Crippen LogP contribution in [0.5, 0.6) is 5.75 Å². The van der Waals surface area contributed by atoms with Crippen molar-refractivity contribution >= 4 is 28.8 Å². The lowest BCUT2D eigenvalue weighted by molar-refractivity contribution is -0.385. The molecule has 1 heterocycles. The Morgan fingerprint density at radius 3 is 2.75 bits per heavy atom. The molecule has 20 heavy (non-hydrogen) atoms. The van der Waals surface area contributed by atoms with E-state index >= 15 is 0 Å². The molecule has 0 aliphatic rings. The van der Waals surface area contributed by atoms with E-state index in [0.717, 1.165) is 0 Å². The number of nitrogens with zero attached hydrogens (tertiary/aromatic N) is 4. The highest BCUT2D eigenvalue weighted by Crippen LogP contribution is 2.33. The van der Waals surface area contributed by atoms with Crippen molar-refractivity contribution in [2.45, 2.75) is 0 Å². The van der Waals surface area contributed by atoms with Gasteiger partial charge in [0.1, 0.15) is 5.82 Å². The second kappa shape index (κ2) is 5.70. The van der Waals surface area contributed by atoms with Crippen LogP contribution in [0.1, 0.15) is 0 Å². The van der Waals surface area contributed by atoms with Gasteiger partial charge in [-0.25, -0.2) is 9.97 Å². The van der Waals surface area contributed by atoms with Gasteiger partial charge in [-0.05, 0) is 29.8 Å². The second-order valence-corrected chi connectivity index (χ2v) is 4.19. The highest BCUT2D eigenvalue weighted by atomic mass is 35.5. The Bertz CT molecular complexity index is 650.